The molecule has 4 heteroatoms. The number of likely N-dealkylation sites (N-methyl/N-ethyl adjacent to an activating group) is 2. The second-order valence-corrected chi connectivity index (χ2v) is 6.61. The van der Waals surface area contributed by atoms with E-state index in [4.69, 9.17) is 4.98 Å². The van der Waals surface area contributed by atoms with E-state index in [1.54, 1.807) is 0 Å². The van der Waals surface area contributed by atoms with E-state index in [1.165, 1.54) is 30.6 Å². The molecule has 1 unspecified atom stereocenters. The van der Waals surface area contributed by atoms with E-state index in [-0.39, 0.29) is 0 Å². The summed E-state index contributed by atoms with van der Waals surface area (Å²) in [5, 5.41) is 3.25. The van der Waals surface area contributed by atoms with Crippen LogP contribution in [0.1, 0.15) is 43.9 Å². The number of hydrogen-bond donors (Lipinski definition) is 1. The molecule has 2 rings (SSSR count). The van der Waals surface area contributed by atoms with Crippen molar-refractivity contribution in [2.75, 3.05) is 39.1 Å². The van der Waals surface area contributed by atoms with E-state index < -0.39 is 0 Å². The Labute approximate surface area is 129 Å². The molecule has 0 bridgehead atoms. The molecule has 0 aromatic carbocycles. The highest BCUT2D eigenvalue weighted by Gasteiger charge is 2.22. The fourth-order valence-electron chi connectivity index (χ4n) is 3.02. The van der Waals surface area contributed by atoms with Crippen molar-refractivity contribution in [2.24, 2.45) is 0 Å². The Morgan fingerprint density at radius 3 is 2.81 bits per heavy atom. The molecule has 1 N–H and O–H groups in total. The molecule has 0 saturated carbocycles. The number of rotatable bonds is 5. The molecule has 0 amide bonds. The molecule has 2 heterocycles. The van der Waals surface area contributed by atoms with Gasteiger partial charge in [0.1, 0.15) is 5.82 Å². The number of piperidine rings is 1. The minimum Gasteiger partial charge on any atom is -0.355 e. The zero-order valence-electron chi connectivity index (χ0n) is 14.2. The number of hydrogen-bond acceptors (Lipinski definition) is 4. The molecule has 0 radical (unpaired) electrons. The zero-order valence-corrected chi connectivity index (χ0v) is 14.2. The number of pyridine rings is 1. The summed E-state index contributed by atoms with van der Waals surface area (Å²) in [5.41, 5.74) is 2.51. The molecule has 1 aromatic rings. The highest BCUT2D eigenvalue weighted by Crippen LogP contribution is 2.23. The van der Waals surface area contributed by atoms with Crippen molar-refractivity contribution in [3.8, 4) is 0 Å². The second-order valence-electron chi connectivity index (χ2n) is 6.61. The van der Waals surface area contributed by atoms with Crippen LogP contribution in [0.15, 0.2) is 12.1 Å². The van der Waals surface area contributed by atoms with Crippen LogP contribution in [0.4, 0.5) is 5.82 Å². The fourth-order valence-corrected chi connectivity index (χ4v) is 3.02. The summed E-state index contributed by atoms with van der Waals surface area (Å²) in [7, 11) is 6.40. The maximum atomic E-state index is 4.89. The highest BCUT2D eigenvalue weighted by molar-refractivity contribution is 5.44. The van der Waals surface area contributed by atoms with E-state index in [9.17, 15) is 0 Å². The lowest BCUT2D eigenvalue weighted by atomic mass is 10.0. The Hall–Kier alpha value is -1.13. The summed E-state index contributed by atoms with van der Waals surface area (Å²) in [6, 6.07) is 5.03. The van der Waals surface area contributed by atoms with Crippen LogP contribution in [0.5, 0.6) is 0 Å². The van der Waals surface area contributed by atoms with Gasteiger partial charge in [-0.25, -0.2) is 4.98 Å². The Morgan fingerprint density at radius 1 is 1.43 bits per heavy atom. The Balaban J connectivity index is 2.24. The Morgan fingerprint density at radius 2 is 2.19 bits per heavy atom. The van der Waals surface area contributed by atoms with Crippen molar-refractivity contribution in [3.63, 3.8) is 0 Å². The number of likely N-dealkylation sites (tertiary alicyclic amines) is 1. The summed E-state index contributed by atoms with van der Waals surface area (Å²) >= 11 is 0. The van der Waals surface area contributed by atoms with Gasteiger partial charge in [-0.15, -0.1) is 0 Å². The zero-order chi connectivity index (χ0) is 15.4. The molecule has 1 aromatic heterocycles. The van der Waals surface area contributed by atoms with Gasteiger partial charge in [-0.3, -0.25) is 0 Å². The van der Waals surface area contributed by atoms with E-state index >= 15 is 0 Å². The topological polar surface area (TPSA) is 31.4 Å². The molecule has 4 nitrogen and oxygen atoms in total. The van der Waals surface area contributed by atoms with Crippen LogP contribution in [0, 0.1) is 0 Å². The normalized spacial score (nSPS) is 20.0. The molecule has 0 spiro atoms. The fraction of sp³-hybridized carbons (Fsp3) is 0.706. The number of nitrogens with one attached hydrogen (secondary N) is 1. The van der Waals surface area contributed by atoms with Crippen molar-refractivity contribution >= 4 is 5.82 Å². The minimum absolute atomic E-state index is 0.461. The van der Waals surface area contributed by atoms with Crippen molar-refractivity contribution < 1.29 is 0 Å². The van der Waals surface area contributed by atoms with Gasteiger partial charge in [0.15, 0.2) is 0 Å². The van der Waals surface area contributed by atoms with E-state index in [0.29, 0.717) is 12.0 Å². The van der Waals surface area contributed by atoms with Crippen molar-refractivity contribution in [1.29, 1.82) is 0 Å². The summed E-state index contributed by atoms with van der Waals surface area (Å²) in [6.07, 6.45) is 2.54. The van der Waals surface area contributed by atoms with Gasteiger partial charge < -0.3 is 15.1 Å². The van der Waals surface area contributed by atoms with Gasteiger partial charge in [0.25, 0.3) is 0 Å². The summed E-state index contributed by atoms with van der Waals surface area (Å²) in [6.45, 7) is 7.67. The van der Waals surface area contributed by atoms with Crippen LogP contribution >= 0.6 is 0 Å². The molecule has 0 aliphatic carbocycles. The molecule has 1 aliphatic heterocycles. The smallest absolute Gasteiger partial charge is 0.129 e. The Kier molecular flexibility index (Phi) is 5.59. The quantitative estimate of drug-likeness (QED) is 0.902. The van der Waals surface area contributed by atoms with Crippen LogP contribution in [-0.4, -0.2) is 50.2 Å². The average Bonchev–Trinajstić information content (AvgIpc) is 2.46. The first-order valence-electron chi connectivity index (χ1n) is 8.08. The third-order valence-electron chi connectivity index (χ3n) is 4.37. The lowest BCUT2D eigenvalue weighted by Gasteiger charge is -2.36. The summed E-state index contributed by atoms with van der Waals surface area (Å²) in [4.78, 5) is 9.69. The van der Waals surface area contributed by atoms with Crippen LogP contribution in [0.2, 0.25) is 0 Å². The predicted octanol–water partition coefficient (Wildman–Crippen LogP) is 2.45. The molecule has 1 fully saturated rings. The number of anilines is 1. The van der Waals surface area contributed by atoms with Gasteiger partial charge in [-0.2, -0.15) is 0 Å². The number of nitrogens with zero attached hydrogens (tertiary/aromatic N) is 3. The first kappa shape index (κ1) is 16.2. The van der Waals surface area contributed by atoms with Crippen LogP contribution in [0.3, 0.4) is 0 Å². The van der Waals surface area contributed by atoms with Gasteiger partial charge in [-0.05, 0) is 57.1 Å². The standard InChI is InChI=1S/C17H30N4/c1-13(2)16-9-14(11-18-3)10-17(19-16)21(5)15-7-6-8-20(4)12-15/h9-10,13,15,18H,6-8,11-12H2,1-5H3. The van der Waals surface area contributed by atoms with Crippen molar-refractivity contribution in [3.05, 3.63) is 23.4 Å². The molecular weight excluding hydrogens is 260 g/mol. The lowest BCUT2D eigenvalue weighted by molar-refractivity contribution is 0.247. The van der Waals surface area contributed by atoms with Gasteiger partial charge in [0, 0.05) is 31.9 Å². The van der Waals surface area contributed by atoms with Gasteiger partial charge in [0.05, 0.1) is 0 Å². The van der Waals surface area contributed by atoms with Crippen molar-refractivity contribution in [2.45, 2.75) is 45.2 Å². The predicted molar refractivity (Wildman–Crippen MR) is 90.0 cm³/mol. The molecule has 118 valence electrons. The molecular formula is C17H30N4. The minimum atomic E-state index is 0.461. The largest absolute Gasteiger partial charge is 0.355 e. The average molecular weight is 290 g/mol. The van der Waals surface area contributed by atoms with Gasteiger partial charge in [-0.1, -0.05) is 13.8 Å². The van der Waals surface area contributed by atoms with Crippen LogP contribution in [0.25, 0.3) is 0 Å². The molecule has 1 aliphatic rings. The van der Waals surface area contributed by atoms with Crippen molar-refractivity contribution in [1.82, 2.24) is 15.2 Å². The van der Waals surface area contributed by atoms with Crippen LogP contribution in [-0.2, 0) is 6.54 Å². The lowest BCUT2D eigenvalue weighted by Crippen LogP contribution is -2.45. The summed E-state index contributed by atoms with van der Waals surface area (Å²) in [5.74, 6) is 1.58. The third kappa shape index (κ3) is 4.17. The number of aromatic nitrogens is 1. The molecule has 21 heavy (non-hydrogen) atoms. The summed E-state index contributed by atoms with van der Waals surface area (Å²) < 4.78 is 0. The van der Waals surface area contributed by atoms with E-state index in [0.717, 1.165) is 18.9 Å². The Bertz CT molecular complexity index is 458. The van der Waals surface area contributed by atoms with Gasteiger partial charge >= 0.3 is 0 Å². The maximum absolute atomic E-state index is 4.89. The monoisotopic (exact) mass is 290 g/mol. The highest BCUT2D eigenvalue weighted by atomic mass is 15.2. The van der Waals surface area contributed by atoms with Gasteiger partial charge in [0.2, 0.25) is 0 Å². The first-order valence-corrected chi connectivity index (χ1v) is 8.08. The van der Waals surface area contributed by atoms with Crippen LogP contribution < -0.4 is 10.2 Å². The first-order chi connectivity index (χ1) is 10.0. The maximum Gasteiger partial charge on any atom is 0.129 e. The molecule has 1 atom stereocenters. The second kappa shape index (κ2) is 7.23. The molecule has 1 saturated heterocycles. The third-order valence-corrected chi connectivity index (χ3v) is 4.37. The SMILES string of the molecule is CNCc1cc(C(C)C)nc(N(C)C2CCCN(C)C2)c1. The van der Waals surface area contributed by atoms with E-state index in [1.807, 2.05) is 7.05 Å². The van der Waals surface area contributed by atoms with E-state index in [2.05, 4.69) is 55.2 Å².